The highest BCUT2D eigenvalue weighted by molar-refractivity contribution is 9.10. The number of ether oxygens (including phenoxy) is 4. The number of carbonyl (C=O) groups excluding carboxylic acids is 1. The molecule has 0 fully saturated rings. The van der Waals surface area contributed by atoms with Crippen molar-refractivity contribution in [3.63, 3.8) is 0 Å². The van der Waals surface area contributed by atoms with Gasteiger partial charge in [0.1, 0.15) is 29.8 Å². The Labute approximate surface area is 216 Å². The number of esters is 1. The molecule has 10 heteroatoms. The predicted molar refractivity (Wildman–Crippen MR) is 131 cm³/mol. The predicted octanol–water partition coefficient (Wildman–Crippen LogP) is 5.86. The summed E-state index contributed by atoms with van der Waals surface area (Å²) in [6.45, 7) is 5.34. The third-order valence-corrected chi connectivity index (χ3v) is 6.13. The molecule has 0 spiro atoms. The average Bonchev–Trinajstić information content (AvgIpc) is 2.79. The lowest BCUT2D eigenvalue weighted by Crippen LogP contribution is -2.25. The van der Waals surface area contributed by atoms with Crippen LogP contribution in [-0.4, -0.2) is 19.2 Å². The second-order valence-corrected chi connectivity index (χ2v) is 8.63. The zero-order valence-electron chi connectivity index (χ0n) is 19.3. The van der Waals surface area contributed by atoms with Crippen molar-refractivity contribution in [1.82, 2.24) is 0 Å². The Balaban J connectivity index is 2.09. The first-order valence-corrected chi connectivity index (χ1v) is 11.9. The molecule has 0 aromatic heterocycles. The van der Waals surface area contributed by atoms with Crippen molar-refractivity contribution < 1.29 is 28.1 Å². The molecule has 0 radical (unpaired) electrons. The first-order valence-electron chi connectivity index (χ1n) is 10.7. The molecular weight excluding hydrogens is 543 g/mol. The molecule has 0 aliphatic carbocycles. The number of nitrogens with two attached hydrogens (primary N) is 1. The summed E-state index contributed by atoms with van der Waals surface area (Å²) in [5, 5.41) is 10.0. The first kappa shape index (κ1) is 26.4. The van der Waals surface area contributed by atoms with Gasteiger partial charge in [-0.1, -0.05) is 17.7 Å². The minimum absolute atomic E-state index is 0.0554. The number of benzene rings is 2. The fourth-order valence-corrected chi connectivity index (χ4v) is 4.45. The van der Waals surface area contributed by atoms with Gasteiger partial charge >= 0.3 is 5.97 Å². The van der Waals surface area contributed by atoms with Gasteiger partial charge in [-0.05, 0) is 66.5 Å². The van der Waals surface area contributed by atoms with E-state index in [1.165, 1.54) is 12.1 Å². The smallest absolute Gasteiger partial charge is 0.338 e. The lowest BCUT2D eigenvalue weighted by Gasteiger charge is -2.27. The molecule has 0 saturated carbocycles. The Morgan fingerprint density at radius 3 is 2.66 bits per heavy atom. The molecule has 0 bridgehead atoms. The molecule has 1 unspecified atom stereocenters. The quantitative estimate of drug-likeness (QED) is 0.400. The maximum absolute atomic E-state index is 14.2. The summed E-state index contributed by atoms with van der Waals surface area (Å²) < 4.78 is 37.0. The Kier molecular flexibility index (Phi) is 8.65. The maximum Gasteiger partial charge on any atom is 0.338 e. The fraction of sp³-hybridized carbons (Fsp3) is 0.280. The van der Waals surface area contributed by atoms with Crippen molar-refractivity contribution in [2.45, 2.75) is 33.3 Å². The molecular formula is C25H23BrClFN2O5. The molecule has 2 N–H and O–H groups in total. The lowest BCUT2D eigenvalue weighted by atomic mass is 9.83. The monoisotopic (exact) mass is 564 g/mol. The molecule has 0 saturated heterocycles. The number of allylic oxidation sites excluding steroid dienone is 2. The minimum Gasteiger partial charge on any atom is -0.490 e. The van der Waals surface area contributed by atoms with E-state index in [1.54, 1.807) is 39.0 Å². The second-order valence-electron chi connectivity index (χ2n) is 7.37. The Morgan fingerprint density at radius 1 is 1.29 bits per heavy atom. The van der Waals surface area contributed by atoms with Gasteiger partial charge in [0, 0.05) is 5.56 Å². The van der Waals surface area contributed by atoms with E-state index >= 15 is 0 Å². The number of hydrogen-bond donors (Lipinski definition) is 1. The Bertz CT molecular complexity index is 1230. The lowest BCUT2D eigenvalue weighted by molar-refractivity contribution is -0.139. The number of nitrogens with zero attached hydrogens (tertiary/aromatic N) is 1. The van der Waals surface area contributed by atoms with Gasteiger partial charge in [0.15, 0.2) is 11.5 Å². The van der Waals surface area contributed by atoms with Crippen LogP contribution < -0.4 is 15.2 Å². The molecule has 1 heterocycles. The van der Waals surface area contributed by atoms with Gasteiger partial charge in [0.2, 0.25) is 5.88 Å². The van der Waals surface area contributed by atoms with Crippen molar-refractivity contribution in [2.24, 2.45) is 5.73 Å². The molecule has 1 atom stereocenters. The molecule has 1 aliphatic heterocycles. The highest BCUT2D eigenvalue weighted by atomic mass is 79.9. The van der Waals surface area contributed by atoms with E-state index in [0.29, 0.717) is 28.1 Å². The van der Waals surface area contributed by atoms with E-state index in [9.17, 15) is 14.4 Å². The van der Waals surface area contributed by atoms with Crippen molar-refractivity contribution >= 4 is 33.5 Å². The zero-order valence-corrected chi connectivity index (χ0v) is 21.6. The van der Waals surface area contributed by atoms with E-state index < -0.39 is 17.7 Å². The number of halogens is 3. The van der Waals surface area contributed by atoms with Crippen LogP contribution >= 0.6 is 27.5 Å². The van der Waals surface area contributed by atoms with Crippen molar-refractivity contribution in [3.05, 3.63) is 79.6 Å². The standard InChI is InChI=1S/C25H23BrClFN2O5/c1-4-32-20-10-14(9-17(26)23(20)34-12-16-18(27)7-6-8-19(16)28)22-15(11-29)24(30)35-13(3)21(22)25(31)33-5-2/h6-10,22H,4-5,12,30H2,1-3H3. The van der Waals surface area contributed by atoms with E-state index in [2.05, 4.69) is 15.9 Å². The normalized spacial score (nSPS) is 15.4. The van der Waals surface area contributed by atoms with Crippen LogP contribution in [0, 0.1) is 17.1 Å². The molecule has 2 aromatic rings. The summed E-state index contributed by atoms with van der Waals surface area (Å²) in [7, 11) is 0. The van der Waals surface area contributed by atoms with E-state index in [0.717, 1.165) is 0 Å². The number of nitriles is 1. The van der Waals surface area contributed by atoms with Gasteiger partial charge in [-0.2, -0.15) is 5.26 Å². The van der Waals surface area contributed by atoms with Crippen LogP contribution in [0.25, 0.3) is 0 Å². The van der Waals surface area contributed by atoms with E-state index in [4.69, 9.17) is 36.3 Å². The number of rotatable bonds is 8. The zero-order chi connectivity index (χ0) is 25.7. The topological polar surface area (TPSA) is 104 Å². The van der Waals surface area contributed by atoms with Crippen LogP contribution in [0.5, 0.6) is 11.5 Å². The van der Waals surface area contributed by atoms with Crippen LogP contribution in [0.3, 0.4) is 0 Å². The van der Waals surface area contributed by atoms with E-state index in [-0.39, 0.29) is 46.6 Å². The van der Waals surface area contributed by atoms with Gasteiger partial charge in [0.25, 0.3) is 0 Å². The highest BCUT2D eigenvalue weighted by Gasteiger charge is 2.37. The SMILES string of the molecule is CCOC(=O)C1=C(C)OC(N)=C(C#N)C1c1cc(Br)c(OCc2c(F)cccc2Cl)c(OCC)c1. The fourth-order valence-electron chi connectivity index (χ4n) is 3.66. The van der Waals surface area contributed by atoms with Crippen LogP contribution in [0.15, 0.2) is 57.6 Å². The Morgan fingerprint density at radius 2 is 2.03 bits per heavy atom. The molecule has 1 aliphatic rings. The van der Waals surface area contributed by atoms with Gasteiger partial charge in [-0.25, -0.2) is 9.18 Å². The third kappa shape index (κ3) is 5.55. The minimum atomic E-state index is -0.863. The summed E-state index contributed by atoms with van der Waals surface area (Å²) in [4.78, 5) is 12.8. The maximum atomic E-state index is 14.2. The van der Waals surface area contributed by atoms with Crippen LogP contribution in [0.4, 0.5) is 4.39 Å². The van der Waals surface area contributed by atoms with E-state index in [1.807, 2.05) is 6.07 Å². The van der Waals surface area contributed by atoms with Gasteiger partial charge < -0.3 is 24.7 Å². The average molecular weight is 566 g/mol. The molecule has 3 rings (SSSR count). The summed E-state index contributed by atoms with van der Waals surface area (Å²) in [6, 6.07) is 9.73. The Hall–Kier alpha value is -3.22. The second kappa shape index (κ2) is 11.5. The molecule has 184 valence electrons. The number of hydrogen-bond acceptors (Lipinski definition) is 7. The van der Waals surface area contributed by atoms with Crippen molar-refractivity contribution in [1.29, 1.82) is 5.26 Å². The highest BCUT2D eigenvalue weighted by Crippen LogP contribution is 2.45. The van der Waals surface area contributed by atoms with Crippen molar-refractivity contribution in [2.75, 3.05) is 13.2 Å². The van der Waals surface area contributed by atoms with Crippen molar-refractivity contribution in [3.8, 4) is 17.6 Å². The van der Waals surface area contributed by atoms with Gasteiger partial charge in [-0.3, -0.25) is 0 Å². The molecule has 35 heavy (non-hydrogen) atoms. The summed E-state index contributed by atoms with van der Waals surface area (Å²) in [6.07, 6.45) is 0. The molecule has 2 aromatic carbocycles. The molecule has 0 amide bonds. The van der Waals surface area contributed by atoms with Gasteiger partial charge in [-0.15, -0.1) is 0 Å². The van der Waals surface area contributed by atoms with Crippen LogP contribution in [0.1, 0.15) is 37.8 Å². The van der Waals surface area contributed by atoms with Crippen LogP contribution in [-0.2, 0) is 20.9 Å². The first-order chi connectivity index (χ1) is 16.7. The molecule has 7 nitrogen and oxygen atoms in total. The summed E-state index contributed by atoms with van der Waals surface area (Å²) >= 11 is 9.60. The summed E-state index contributed by atoms with van der Waals surface area (Å²) in [5.74, 6) is -1.25. The summed E-state index contributed by atoms with van der Waals surface area (Å²) in [5.41, 5.74) is 6.90. The third-order valence-electron chi connectivity index (χ3n) is 5.19. The van der Waals surface area contributed by atoms with Crippen LogP contribution in [0.2, 0.25) is 5.02 Å². The van der Waals surface area contributed by atoms with Gasteiger partial charge in [0.05, 0.1) is 34.2 Å². The number of carbonyl (C=O) groups is 1. The largest absolute Gasteiger partial charge is 0.490 e.